The SMILES string of the molecule is CCNCc1cc(N(CC)CCCN(C)C)ncc1Cl. The van der Waals surface area contributed by atoms with E-state index < -0.39 is 0 Å². The second-order valence-electron chi connectivity index (χ2n) is 5.15. The summed E-state index contributed by atoms with van der Waals surface area (Å²) in [6, 6.07) is 2.10. The van der Waals surface area contributed by atoms with E-state index in [1.807, 2.05) is 0 Å². The number of hydrogen-bond donors (Lipinski definition) is 1. The van der Waals surface area contributed by atoms with E-state index in [4.69, 9.17) is 11.6 Å². The molecule has 0 fully saturated rings. The van der Waals surface area contributed by atoms with Crippen LogP contribution in [0.25, 0.3) is 0 Å². The Morgan fingerprint density at radius 3 is 2.60 bits per heavy atom. The lowest BCUT2D eigenvalue weighted by molar-refractivity contribution is 0.400. The molecule has 0 saturated heterocycles. The van der Waals surface area contributed by atoms with Gasteiger partial charge in [0.15, 0.2) is 0 Å². The quantitative estimate of drug-likeness (QED) is 0.759. The molecule has 20 heavy (non-hydrogen) atoms. The van der Waals surface area contributed by atoms with Gasteiger partial charge in [-0.3, -0.25) is 0 Å². The summed E-state index contributed by atoms with van der Waals surface area (Å²) in [7, 11) is 4.21. The van der Waals surface area contributed by atoms with Crippen LogP contribution in [0, 0.1) is 0 Å². The van der Waals surface area contributed by atoms with E-state index in [2.05, 4.69) is 54.1 Å². The van der Waals surface area contributed by atoms with Crippen LogP contribution < -0.4 is 10.2 Å². The normalized spacial score (nSPS) is 11.1. The Bertz CT molecular complexity index is 395. The fraction of sp³-hybridized carbons (Fsp3) is 0.667. The van der Waals surface area contributed by atoms with Crippen LogP contribution in [0.15, 0.2) is 12.3 Å². The lowest BCUT2D eigenvalue weighted by Gasteiger charge is -2.23. The highest BCUT2D eigenvalue weighted by Gasteiger charge is 2.09. The van der Waals surface area contributed by atoms with Crippen LogP contribution in [0.1, 0.15) is 25.8 Å². The molecule has 4 nitrogen and oxygen atoms in total. The summed E-state index contributed by atoms with van der Waals surface area (Å²) in [4.78, 5) is 8.98. The van der Waals surface area contributed by atoms with E-state index in [1.165, 1.54) is 0 Å². The van der Waals surface area contributed by atoms with Crippen LogP contribution in [0.5, 0.6) is 0 Å². The van der Waals surface area contributed by atoms with Gasteiger partial charge in [-0.25, -0.2) is 4.98 Å². The van der Waals surface area contributed by atoms with Crippen molar-refractivity contribution in [2.75, 3.05) is 45.2 Å². The van der Waals surface area contributed by atoms with Crippen LogP contribution in [-0.2, 0) is 6.54 Å². The zero-order valence-electron chi connectivity index (χ0n) is 13.1. The molecular formula is C15H27ClN4. The molecule has 0 aliphatic heterocycles. The molecule has 0 unspecified atom stereocenters. The van der Waals surface area contributed by atoms with Gasteiger partial charge < -0.3 is 15.1 Å². The minimum absolute atomic E-state index is 0.735. The van der Waals surface area contributed by atoms with Gasteiger partial charge in [0.25, 0.3) is 0 Å². The molecule has 1 N–H and O–H groups in total. The Hall–Kier alpha value is -0.840. The molecule has 1 aromatic rings. The average Bonchev–Trinajstić information content (AvgIpc) is 2.43. The molecule has 1 rings (SSSR count). The summed E-state index contributed by atoms with van der Waals surface area (Å²) in [5.74, 6) is 1.02. The molecule has 0 bridgehead atoms. The summed E-state index contributed by atoms with van der Waals surface area (Å²) in [6.07, 6.45) is 2.89. The first-order chi connectivity index (χ1) is 9.58. The zero-order chi connectivity index (χ0) is 15.0. The van der Waals surface area contributed by atoms with Crippen molar-refractivity contribution in [2.45, 2.75) is 26.8 Å². The van der Waals surface area contributed by atoms with Crippen LogP contribution >= 0.6 is 11.6 Å². The van der Waals surface area contributed by atoms with Crippen molar-refractivity contribution in [2.24, 2.45) is 0 Å². The molecule has 0 aliphatic carbocycles. The van der Waals surface area contributed by atoms with E-state index >= 15 is 0 Å². The van der Waals surface area contributed by atoms with E-state index in [9.17, 15) is 0 Å². The lowest BCUT2D eigenvalue weighted by atomic mass is 10.2. The van der Waals surface area contributed by atoms with Gasteiger partial charge >= 0.3 is 0 Å². The third-order valence-electron chi connectivity index (χ3n) is 3.22. The van der Waals surface area contributed by atoms with Crippen molar-refractivity contribution in [3.8, 4) is 0 Å². The predicted molar refractivity (Wildman–Crippen MR) is 87.7 cm³/mol. The van der Waals surface area contributed by atoms with Crippen LogP contribution in [0.4, 0.5) is 5.82 Å². The maximum absolute atomic E-state index is 6.20. The summed E-state index contributed by atoms with van der Waals surface area (Å²) in [6.45, 7) is 9.06. The molecule has 0 aliphatic rings. The maximum atomic E-state index is 6.20. The molecule has 0 aromatic carbocycles. The number of halogens is 1. The van der Waals surface area contributed by atoms with Crippen molar-refractivity contribution in [3.05, 3.63) is 22.8 Å². The van der Waals surface area contributed by atoms with E-state index in [0.29, 0.717) is 0 Å². The minimum atomic E-state index is 0.735. The Morgan fingerprint density at radius 2 is 2.00 bits per heavy atom. The standard InChI is InChI=1S/C15H27ClN4/c1-5-17-11-13-10-15(18-12-14(13)16)20(6-2)9-7-8-19(3)4/h10,12,17H,5-9,11H2,1-4H3. The predicted octanol–water partition coefficient (Wildman–Crippen LogP) is 2.62. The number of hydrogen-bond acceptors (Lipinski definition) is 4. The molecule has 1 heterocycles. The Kier molecular flexibility index (Phi) is 7.88. The number of pyridine rings is 1. The Labute approximate surface area is 128 Å². The fourth-order valence-electron chi connectivity index (χ4n) is 2.05. The van der Waals surface area contributed by atoms with Crippen molar-refractivity contribution >= 4 is 17.4 Å². The Balaban J connectivity index is 2.71. The smallest absolute Gasteiger partial charge is 0.128 e. The highest BCUT2D eigenvalue weighted by atomic mass is 35.5. The van der Waals surface area contributed by atoms with Gasteiger partial charge in [0.2, 0.25) is 0 Å². The summed E-state index contributed by atoms with van der Waals surface area (Å²) in [5.41, 5.74) is 1.12. The minimum Gasteiger partial charge on any atom is -0.357 e. The number of anilines is 1. The van der Waals surface area contributed by atoms with Crippen LogP contribution in [0.3, 0.4) is 0 Å². The number of nitrogens with one attached hydrogen (secondary N) is 1. The van der Waals surface area contributed by atoms with Gasteiger partial charge in [-0.1, -0.05) is 18.5 Å². The first-order valence-corrected chi connectivity index (χ1v) is 7.71. The summed E-state index contributed by atoms with van der Waals surface area (Å²) >= 11 is 6.20. The van der Waals surface area contributed by atoms with Gasteiger partial charge in [0, 0.05) is 25.8 Å². The van der Waals surface area contributed by atoms with Crippen molar-refractivity contribution in [1.29, 1.82) is 0 Å². The largest absolute Gasteiger partial charge is 0.357 e. The molecule has 0 atom stereocenters. The van der Waals surface area contributed by atoms with Gasteiger partial charge in [-0.2, -0.15) is 0 Å². The number of nitrogens with zero attached hydrogens (tertiary/aromatic N) is 3. The monoisotopic (exact) mass is 298 g/mol. The van der Waals surface area contributed by atoms with E-state index in [-0.39, 0.29) is 0 Å². The third kappa shape index (κ3) is 5.65. The van der Waals surface area contributed by atoms with Crippen molar-refractivity contribution in [3.63, 3.8) is 0 Å². The van der Waals surface area contributed by atoms with Crippen LogP contribution in [-0.4, -0.2) is 50.2 Å². The molecule has 5 heteroatoms. The lowest BCUT2D eigenvalue weighted by Crippen LogP contribution is -2.28. The van der Waals surface area contributed by atoms with Gasteiger partial charge in [-0.15, -0.1) is 0 Å². The topological polar surface area (TPSA) is 31.4 Å². The highest BCUT2D eigenvalue weighted by molar-refractivity contribution is 6.31. The third-order valence-corrected chi connectivity index (χ3v) is 3.57. The first kappa shape index (κ1) is 17.2. The zero-order valence-corrected chi connectivity index (χ0v) is 13.9. The van der Waals surface area contributed by atoms with Gasteiger partial charge in [0.05, 0.1) is 5.02 Å². The summed E-state index contributed by atoms with van der Waals surface area (Å²) < 4.78 is 0. The molecule has 0 radical (unpaired) electrons. The van der Waals surface area contributed by atoms with Crippen LogP contribution in [0.2, 0.25) is 5.02 Å². The fourth-order valence-corrected chi connectivity index (χ4v) is 2.22. The number of rotatable bonds is 9. The Morgan fingerprint density at radius 1 is 1.25 bits per heavy atom. The molecule has 1 aromatic heterocycles. The first-order valence-electron chi connectivity index (χ1n) is 7.33. The van der Waals surface area contributed by atoms with Gasteiger partial charge in [-0.05, 0) is 52.2 Å². The van der Waals surface area contributed by atoms with Crippen molar-refractivity contribution < 1.29 is 0 Å². The summed E-state index contributed by atoms with van der Waals surface area (Å²) in [5, 5.41) is 4.05. The molecule has 0 amide bonds. The number of aromatic nitrogens is 1. The highest BCUT2D eigenvalue weighted by Crippen LogP contribution is 2.20. The molecule has 0 saturated carbocycles. The molecular weight excluding hydrogens is 272 g/mol. The van der Waals surface area contributed by atoms with E-state index in [0.717, 1.165) is 55.5 Å². The second kappa shape index (κ2) is 9.16. The second-order valence-corrected chi connectivity index (χ2v) is 5.56. The van der Waals surface area contributed by atoms with Gasteiger partial charge in [0.1, 0.15) is 5.82 Å². The molecule has 0 spiro atoms. The van der Waals surface area contributed by atoms with Crippen molar-refractivity contribution in [1.82, 2.24) is 15.2 Å². The maximum Gasteiger partial charge on any atom is 0.128 e. The van der Waals surface area contributed by atoms with E-state index in [1.54, 1.807) is 6.20 Å². The molecule has 114 valence electrons. The average molecular weight is 299 g/mol.